The first kappa shape index (κ1) is 14.4. The summed E-state index contributed by atoms with van der Waals surface area (Å²) in [7, 11) is 0. The van der Waals surface area contributed by atoms with Crippen LogP contribution in [-0.4, -0.2) is 11.0 Å². The summed E-state index contributed by atoms with van der Waals surface area (Å²) in [5, 5.41) is 5.30. The summed E-state index contributed by atoms with van der Waals surface area (Å²) in [6.45, 7) is 1.89. The van der Waals surface area contributed by atoms with Crippen LogP contribution in [0.3, 0.4) is 0 Å². The SMILES string of the molecule is C#CC(C)(c1ccc(Cl)cc1)c1csc(NC(N)=O)n1. The van der Waals surface area contributed by atoms with E-state index in [1.54, 1.807) is 17.5 Å². The van der Waals surface area contributed by atoms with Gasteiger partial charge in [0.1, 0.15) is 0 Å². The molecule has 0 aliphatic rings. The molecule has 2 rings (SSSR count). The van der Waals surface area contributed by atoms with Crippen LogP contribution < -0.4 is 11.1 Å². The molecule has 0 aliphatic carbocycles. The number of benzene rings is 1. The predicted octanol–water partition coefficient (Wildman–Crippen LogP) is 3.23. The van der Waals surface area contributed by atoms with Crippen molar-refractivity contribution < 1.29 is 4.79 Å². The van der Waals surface area contributed by atoms with E-state index < -0.39 is 11.4 Å². The summed E-state index contributed by atoms with van der Waals surface area (Å²) in [6.07, 6.45) is 5.69. The lowest BCUT2D eigenvalue weighted by atomic mass is 9.81. The van der Waals surface area contributed by atoms with Gasteiger partial charge >= 0.3 is 6.03 Å². The lowest BCUT2D eigenvalue weighted by molar-refractivity contribution is 0.259. The summed E-state index contributed by atoms with van der Waals surface area (Å²) in [4.78, 5) is 15.2. The number of nitrogens with zero attached hydrogens (tertiary/aromatic N) is 1. The molecular formula is C14H12ClN3OS. The van der Waals surface area contributed by atoms with Crippen LogP contribution in [0.4, 0.5) is 9.93 Å². The fraction of sp³-hybridized carbons (Fsp3) is 0.143. The minimum Gasteiger partial charge on any atom is -0.351 e. The van der Waals surface area contributed by atoms with Gasteiger partial charge < -0.3 is 5.73 Å². The van der Waals surface area contributed by atoms with Crippen LogP contribution in [0.2, 0.25) is 5.02 Å². The van der Waals surface area contributed by atoms with E-state index in [-0.39, 0.29) is 0 Å². The van der Waals surface area contributed by atoms with Crippen molar-refractivity contribution in [3.63, 3.8) is 0 Å². The minimum atomic E-state index is -0.696. The van der Waals surface area contributed by atoms with Gasteiger partial charge in [0, 0.05) is 10.4 Å². The Morgan fingerprint density at radius 2 is 2.15 bits per heavy atom. The fourth-order valence-electron chi connectivity index (χ4n) is 1.75. The summed E-state index contributed by atoms with van der Waals surface area (Å²) in [6, 6.07) is 6.63. The number of hydrogen-bond acceptors (Lipinski definition) is 3. The maximum absolute atomic E-state index is 10.8. The van der Waals surface area contributed by atoms with Gasteiger partial charge in [0.2, 0.25) is 0 Å². The lowest BCUT2D eigenvalue weighted by Gasteiger charge is -2.22. The third kappa shape index (κ3) is 2.77. The van der Waals surface area contributed by atoms with Crippen LogP contribution in [0.1, 0.15) is 18.2 Å². The number of rotatable bonds is 3. The molecule has 0 radical (unpaired) electrons. The first-order chi connectivity index (χ1) is 9.45. The number of primary amides is 1. The van der Waals surface area contributed by atoms with Gasteiger partial charge in [-0.2, -0.15) is 0 Å². The highest BCUT2D eigenvalue weighted by atomic mass is 35.5. The Bertz CT molecular complexity index is 674. The lowest BCUT2D eigenvalue weighted by Crippen LogP contribution is -2.23. The monoisotopic (exact) mass is 305 g/mol. The molecule has 6 heteroatoms. The molecule has 0 aliphatic heterocycles. The van der Waals surface area contributed by atoms with Crippen LogP contribution in [0.25, 0.3) is 0 Å². The number of carbonyl (C=O) groups excluding carboxylic acids is 1. The van der Waals surface area contributed by atoms with Crippen molar-refractivity contribution in [2.24, 2.45) is 5.73 Å². The predicted molar refractivity (Wildman–Crippen MR) is 82.1 cm³/mol. The van der Waals surface area contributed by atoms with E-state index in [9.17, 15) is 4.79 Å². The summed E-state index contributed by atoms with van der Waals surface area (Å²) in [5.41, 5.74) is 5.95. The second-order valence-corrected chi connectivity index (χ2v) is 5.60. The molecule has 1 aromatic heterocycles. The molecule has 2 amide bonds. The third-order valence-electron chi connectivity index (χ3n) is 2.96. The second kappa shape index (κ2) is 5.53. The van der Waals surface area contributed by atoms with Crippen molar-refractivity contribution in [1.29, 1.82) is 0 Å². The Labute approximate surface area is 126 Å². The van der Waals surface area contributed by atoms with E-state index in [2.05, 4.69) is 16.2 Å². The van der Waals surface area contributed by atoms with E-state index >= 15 is 0 Å². The molecule has 0 spiro atoms. The molecule has 1 unspecified atom stereocenters. The normalized spacial score (nSPS) is 13.2. The minimum absolute atomic E-state index is 0.419. The van der Waals surface area contributed by atoms with Crippen LogP contribution in [0.15, 0.2) is 29.6 Å². The summed E-state index contributed by atoms with van der Waals surface area (Å²) in [5.74, 6) is 2.75. The highest BCUT2D eigenvalue weighted by Gasteiger charge is 2.29. The Morgan fingerprint density at radius 1 is 1.50 bits per heavy atom. The molecule has 0 bridgehead atoms. The molecule has 2 aromatic rings. The average molecular weight is 306 g/mol. The van der Waals surface area contributed by atoms with Crippen molar-refractivity contribution in [1.82, 2.24) is 4.98 Å². The average Bonchev–Trinajstić information content (AvgIpc) is 2.87. The van der Waals surface area contributed by atoms with Crippen LogP contribution in [0.5, 0.6) is 0 Å². The number of nitrogens with one attached hydrogen (secondary N) is 1. The zero-order valence-corrected chi connectivity index (χ0v) is 12.3. The van der Waals surface area contributed by atoms with Gasteiger partial charge in [0.05, 0.1) is 11.1 Å². The van der Waals surface area contributed by atoms with E-state index in [0.717, 1.165) is 5.56 Å². The number of amides is 2. The number of thiazole rings is 1. The molecule has 102 valence electrons. The number of carbonyl (C=O) groups is 1. The second-order valence-electron chi connectivity index (χ2n) is 4.30. The first-order valence-electron chi connectivity index (χ1n) is 5.72. The van der Waals surface area contributed by atoms with Gasteiger partial charge in [-0.25, -0.2) is 9.78 Å². The Balaban J connectivity index is 2.40. The molecule has 20 heavy (non-hydrogen) atoms. The van der Waals surface area contributed by atoms with Crippen LogP contribution >= 0.6 is 22.9 Å². The van der Waals surface area contributed by atoms with Crippen LogP contribution in [0, 0.1) is 12.3 Å². The number of aromatic nitrogens is 1. The molecule has 3 N–H and O–H groups in total. The maximum atomic E-state index is 10.8. The van der Waals surface area contributed by atoms with E-state index in [0.29, 0.717) is 15.8 Å². The summed E-state index contributed by atoms with van der Waals surface area (Å²) >= 11 is 7.16. The quantitative estimate of drug-likeness (QED) is 0.855. The van der Waals surface area contributed by atoms with E-state index in [1.807, 2.05) is 19.1 Å². The zero-order chi connectivity index (χ0) is 14.8. The maximum Gasteiger partial charge on any atom is 0.318 e. The Hall–Kier alpha value is -2.03. The Morgan fingerprint density at radius 3 is 2.70 bits per heavy atom. The van der Waals surface area contributed by atoms with Crippen LogP contribution in [-0.2, 0) is 5.41 Å². The number of anilines is 1. The standard InChI is InChI=1S/C14H12ClN3OS/c1-3-14(2,9-4-6-10(15)7-5-9)11-8-20-13(17-11)18-12(16)19/h1,4-8H,2H3,(H3,16,17,18,19). The molecule has 1 atom stereocenters. The van der Waals surface area contributed by atoms with Crippen molar-refractivity contribution in [3.05, 3.63) is 45.9 Å². The van der Waals surface area contributed by atoms with Gasteiger partial charge in [0.25, 0.3) is 0 Å². The van der Waals surface area contributed by atoms with E-state index in [4.69, 9.17) is 23.8 Å². The molecule has 1 aromatic carbocycles. The van der Waals surface area contributed by atoms with Gasteiger partial charge in [-0.3, -0.25) is 5.32 Å². The topological polar surface area (TPSA) is 68.0 Å². The van der Waals surface area contributed by atoms with Gasteiger partial charge in [-0.1, -0.05) is 29.7 Å². The number of terminal acetylenes is 1. The molecule has 0 saturated heterocycles. The number of urea groups is 1. The smallest absolute Gasteiger partial charge is 0.318 e. The largest absolute Gasteiger partial charge is 0.351 e. The molecule has 1 heterocycles. The van der Waals surface area contributed by atoms with Gasteiger partial charge in [0.15, 0.2) is 5.13 Å². The van der Waals surface area contributed by atoms with Crippen molar-refractivity contribution in [3.8, 4) is 12.3 Å². The summed E-state index contributed by atoms with van der Waals surface area (Å²) < 4.78 is 0. The van der Waals surface area contributed by atoms with Crippen molar-refractivity contribution in [2.45, 2.75) is 12.3 Å². The number of halogens is 1. The fourth-order valence-corrected chi connectivity index (χ4v) is 2.70. The highest BCUT2D eigenvalue weighted by molar-refractivity contribution is 7.13. The van der Waals surface area contributed by atoms with Crippen molar-refractivity contribution in [2.75, 3.05) is 5.32 Å². The molecule has 4 nitrogen and oxygen atoms in total. The number of nitrogens with two attached hydrogens (primary N) is 1. The van der Waals surface area contributed by atoms with Crippen molar-refractivity contribution >= 4 is 34.1 Å². The Kier molecular flexibility index (Phi) is 3.98. The third-order valence-corrected chi connectivity index (χ3v) is 3.97. The van der Waals surface area contributed by atoms with Gasteiger partial charge in [-0.05, 0) is 24.6 Å². The molecule has 0 saturated carbocycles. The highest BCUT2D eigenvalue weighted by Crippen LogP contribution is 2.33. The number of hydrogen-bond donors (Lipinski definition) is 2. The molecule has 0 fully saturated rings. The zero-order valence-electron chi connectivity index (χ0n) is 10.7. The first-order valence-corrected chi connectivity index (χ1v) is 6.98. The van der Waals surface area contributed by atoms with E-state index in [1.165, 1.54) is 11.3 Å². The molecular weight excluding hydrogens is 294 g/mol. The van der Waals surface area contributed by atoms with Gasteiger partial charge in [-0.15, -0.1) is 17.8 Å².